The molecule has 18 heavy (non-hydrogen) atoms. The van der Waals surface area contributed by atoms with Gasteiger partial charge in [0.25, 0.3) is 0 Å². The van der Waals surface area contributed by atoms with Gasteiger partial charge in [0.15, 0.2) is 0 Å². The minimum Gasteiger partial charge on any atom is -0.378 e. The highest BCUT2D eigenvalue weighted by Gasteiger charge is 2.18. The molecule has 0 aliphatic carbocycles. The van der Waals surface area contributed by atoms with Gasteiger partial charge in [-0.3, -0.25) is 11.3 Å². The zero-order valence-electron chi connectivity index (χ0n) is 10.2. The molecule has 2 rings (SSSR count). The Morgan fingerprint density at radius 3 is 2.83 bits per heavy atom. The largest absolute Gasteiger partial charge is 0.378 e. The molecule has 1 heterocycles. The van der Waals surface area contributed by atoms with E-state index in [1.807, 2.05) is 12.1 Å². The Hall–Kier alpha value is -0.320. The van der Waals surface area contributed by atoms with Crippen molar-refractivity contribution in [2.75, 3.05) is 6.61 Å². The second kappa shape index (κ2) is 6.73. The molecule has 2 atom stereocenters. The summed E-state index contributed by atoms with van der Waals surface area (Å²) in [5.74, 6) is 5.61. The Morgan fingerprint density at radius 2 is 2.22 bits per heavy atom. The van der Waals surface area contributed by atoms with E-state index in [0.717, 1.165) is 37.9 Å². The van der Waals surface area contributed by atoms with E-state index in [1.54, 1.807) is 6.07 Å². The first-order valence-corrected chi connectivity index (χ1v) is 6.99. The van der Waals surface area contributed by atoms with Crippen molar-refractivity contribution in [2.24, 2.45) is 5.84 Å². The fourth-order valence-electron chi connectivity index (χ4n) is 2.30. The number of ether oxygens (including phenoxy) is 1. The Morgan fingerprint density at radius 1 is 1.39 bits per heavy atom. The molecule has 1 fully saturated rings. The van der Waals surface area contributed by atoms with E-state index >= 15 is 0 Å². The molecule has 2 unspecified atom stereocenters. The number of halogens is 2. The Labute approximate surface area is 118 Å². The Bertz CT molecular complexity index is 395. The van der Waals surface area contributed by atoms with Gasteiger partial charge >= 0.3 is 0 Å². The summed E-state index contributed by atoms with van der Waals surface area (Å²) in [6.07, 6.45) is 4.63. The van der Waals surface area contributed by atoms with Gasteiger partial charge in [-0.05, 0) is 43.4 Å². The predicted molar refractivity (Wildman–Crippen MR) is 74.7 cm³/mol. The van der Waals surface area contributed by atoms with Gasteiger partial charge in [-0.15, -0.1) is 0 Å². The quantitative estimate of drug-likeness (QED) is 0.644. The first-order valence-electron chi connectivity index (χ1n) is 6.23. The molecule has 100 valence electrons. The van der Waals surface area contributed by atoms with Crippen molar-refractivity contribution in [3.63, 3.8) is 0 Å². The van der Waals surface area contributed by atoms with Crippen molar-refractivity contribution >= 4 is 23.2 Å². The van der Waals surface area contributed by atoms with Gasteiger partial charge in [0.05, 0.1) is 16.1 Å². The minimum atomic E-state index is 0.0870. The fourth-order valence-corrected chi connectivity index (χ4v) is 2.61. The lowest BCUT2D eigenvalue weighted by atomic mass is 10.00. The highest BCUT2D eigenvalue weighted by molar-refractivity contribution is 6.42. The van der Waals surface area contributed by atoms with Gasteiger partial charge in [-0.25, -0.2) is 0 Å². The predicted octanol–water partition coefficient (Wildman–Crippen LogP) is 3.46. The van der Waals surface area contributed by atoms with Crippen LogP contribution >= 0.6 is 23.2 Å². The fraction of sp³-hybridized carbons (Fsp3) is 0.538. The van der Waals surface area contributed by atoms with Crippen molar-refractivity contribution in [1.82, 2.24) is 5.43 Å². The first-order chi connectivity index (χ1) is 8.70. The summed E-state index contributed by atoms with van der Waals surface area (Å²) in [5.41, 5.74) is 3.89. The first kappa shape index (κ1) is 14.1. The van der Waals surface area contributed by atoms with Gasteiger partial charge in [-0.1, -0.05) is 29.3 Å². The van der Waals surface area contributed by atoms with Crippen molar-refractivity contribution < 1.29 is 4.74 Å². The maximum atomic E-state index is 6.02. The van der Waals surface area contributed by atoms with Crippen LogP contribution in [0.5, 0.6) is 0 Å². The smallest absolute Gasteiger partial charge is 0.0595 e. The highest BCUT2D eigenvalue weighted by Crippen LogP contribution is 2.28. The molecule has 1 aromatic carbocycles. The van der Waals surface area contributed by atoms with Crippen LogP contribution in [0.3, 0.4) is 0 Å². The van der Waals surface area contributed by atoms with E-state index in [9.17, 15) is 0 Å². The summed E-state index contributed by atoms with van der Waals surface area (Å²) in [6.45, 7) is 0.887. The number of hydrogen-bond donors (Lipinski definition) is 2. The van der Waals surface area contributed by atoms with Crippen molar-refractivity contribution in [3.8, 4) is 0 Å². The van der Waals surface area contributed by atoms with E-state index in [4.69, 9.17) is 33.8 Å². The van der Waals surface area contributed by atoms with E-state index < -0.39 is 0 Å². The second-order valence-electron chi connectivity index (χ2n) is 4.61. The van der Waals surface area contributed by atoms with Crippen LogP contribution in [0.2, 0.25) is 10.0 Å². The Balaban J connectivity index is 1.96. The maximum Gasteiger partial charge on any atom is 0.0595 e. The third-order valence-electron chi connectivity index (χ3n) is 3.35. The summed E-state index contributed by atoms with van der Waals surface area (Å²) < 4.78 is 5.61. The van der Waals surface area contributed by atoms with E-state index in [0.29, 0.717) is 16.1 Å². The minimum absolute atomic E-state index is 0.0870. The summed E-state index contributed by atoms with van der Waals surface area (Å²) in [5, 5.41) is 1.13. The SMILES string of the molecule is NNC(CCC1CCCO1)c1ccc(Cl)c(Cl)c1. The van der Waals surface area contributed by atoms with Crippen LogP contribution in [0.1, 0.15) is 37.3 Å². The van der Waals surface area contributed by atoms with Crippen molar-refractivity contribution in [1.29, 1.82) is 0 Å². The number of nitrogens with one attached hydrogen (secondary N) is 1. The van der Waals surface area contributed by atoms with E-state index in [1.165, 1.54) is 0 Å². The van der Waals surface area contributed by atoms with E-state index in [-0.39, 0.29) is 6.04 Å². The molecular formula is C13H18Cl2N2O. The lowest BCUT2D eigenvalue weighted by molar-refractivity contribution is 0.0996. The number of rotatable bonds is 5. The third kappa shape index (κ3) is 3.59. The van der Waals surface area contributed by atoms with Crippen LogP contribution in [-0.2, 0) is 4.74 Å². The molecule has 3 N–H and O–H groups in total. The van der Waals surface area contributed by atoms with Crippen molar-refractivity contribution in [3.05, 3.63) is 33.8 Å². The molecule has 1 saturated heterocycles. The summed E-state index contributed by atoms with van der Waals surface area (Å²) in [4.78, 5) is 0. The van der Waals surface area contributed by atoms with Crippen LogP contribution in [0.15, 0.2) is 18.2 Å². The topological polar surface area (TPSA) is 47.3 Å². The summed E-state index contributed by atoms with van der Waals surface area (Å²) >= 11 is 11.9. The molecule has 0 radical (unpaired) electrons. The highest BCUT2D eigenvalue weighted by atomic mass is 35.5. The van der Waals surface area contributed by atoms with Crippen LogP contribution in [0.25, 0.3) is 0 Å². The Kier molecular flexibility index (Phi) is 5.27. The summed E-state index contributed by atoms with van der Waals surface area (Å²) in [7, 11) is 0. The van der Waals surface area contributed by atoms with Crippen LogP contribution < -0.4 is 11.3 Å². The monoisotopic (exact) mass is 288 g/mol. The summed E-state index contributed by atoms with van der Waals surface area (Å²) in [6, 6.07) is 5.71. The number of hydrogen-bond acceptors (Lipinski definition) is 3. The maximum absolute atomic E-state index is 6.02. The molecule has 0 spiro atoms. The number of nitrogens with two attached hydrogens (primary N) is 1. The second-order valence-corrected chi connectivity index (χ2v) is 5.42. The molecule has 0 bridgehead atoms. The molecule has 1 aliphatic heterocycles. The van der Waals surface area contributed by atoms with Gasteiger partial charge in [0.1, 0.15) is 0 Å². The average molecular weight is 289 g/mol. The molecule has 5 heteroatoms. The van der Waals surface area contributed by atoms with E-state index in [2.05, 4.69) is 5.43 Å². The lowest BCUT2D eigenvalue weighted by Crippen LogP contribution is -2.28. The van der Waals surface area contributed by atoms with Gasteiger partial charge in [0.2, 0.25) is 0 Å². The van der Waals surface area contributed by atoms with Crippen LogP contribution in [0, 0.1) is 0 Å². The third-order valence-corrected chi connectivity index (χ3v) is 4.09. The standard InChI is InChI=1S/C13H18Cl2N2O/c14-11-5-3-9(8-12(11)15)13(17-16)6-4-10-2-1-7-18-10/h3,5,8,10,13,17H,1-2,4,6-7,16H2. The molecule has 0 saturated carbocycles. The molecule has 0 amide bonds. The van der Waals surface area contributed by atoms with Crippen LogP contribution in [-0.4, -0.2) is 12.7 Å². The number of benzene rings is 1. The van der Waals surface area contributed by atoms with Crippen molar-refractivity contribution in [2.45, 2.75) is 37.8 Å². The van der Waals surface area contributed by atoms with Gasteiger partial charge < -0.3 is 4.74 Å². The molecule has 1 aliphatic rings. The zero-order valence-corrected chi connectivity index (χ0v) is 11.7. The molecule has 3 nitrogen and oxygen atoms in total. The zero-order chi connectivity index (χ0) is 13.0. The molecule has 0 aromatic heterocycles. The van der Waals surface area contributed by atoms with Gasteiger partial charge in [0, 0.05) is 12.6 Å². The lowest BCUT2D eigenvalue weighted by Gasteiger charge is -2.18. The molecular weight excluding hydrogens is 271 g/mol. The van der Waals surface area contributed by atoms with Gasteiger partial charge in [-0.2, -0.15) is 0 Å². The van der Waals surface area contributed by atoms with Crippen LogP contribution in [0.4, 0.5) is 0 Å². The number of hydrazine groups is 1. The molecule has 1 aromatic rings. The normalized spacial score (nSPS) is 21.2. The average Bonchev–Trinajstić information content (AvgIpc) is 2.87.